The van der Waals surface area contributed by atoms with Crippen LogP contribution in [0, 0.1) is 11.8 Å². The largest absolute Gasteiger partial charge is 1.00 e. The topological polar surface area (TPSA) is 0 Å². The Morgan fingerprint density at radius 1 is 0.786 bits per heavy atom. The summed E-state index contributed by atoms with van der Waals surface area (Å²) in [5, 5.41) is 0. The van der Waals surface area contributed by atoms with Gasteiger partial charge in [-0.2, -0.15) is 0 Å². The molecule has 2 fully saturated rings. The summed E-state index contributed by atoms with van der Waals surface area (Å²) in [6, 6.07) is 0. The predicted molar refractivity (Wildman–Crippen MR) is 62.4 cm³/mol. The van der Waals surface area contributed by atoms with Crippen molar-refractivity contribution in [1.29, 1.82) is 0 Å². The summed E-state index contributed by atoms with van der Waals surface area (Å²) in [4.78, 5) is 0.851. The molecule has 0 heterocycles. The maximum atomic E-state index is 3.89. The fourth-order valence-electron chi connectivity index (χ4n) is 3.21. The molecule has 0 bridgehead atoms. The molecule has 2 saturated carbocycles. The molecule has 2 unspecified atom stereocenters. The fourth-order valence-corrected chi connectivity index (χ4v) is 4.23. The zero-order chi connectivity index (χ0) is 9.10. The Morgan fingerprint density at radius 3 is 2.00 bits per heavy atom. The first-order valence-corrected chi connectivity index (χ1v) is 6.93. The molecule has 0 spiro atoms. The molecule has 0 aliphatic heterocycles. The summed E-state index contributed by atoms with van der Waals surface area (Å²) >= 11 is 3.89. The summed E-state index contributed by atoms with van der Waals surface area (Å²) in [5.41, 5.74) is 0. The SMILES string of the molecule is BrC1CCCCC1C1CCCCC1.[H-].[K+]. The molecule has 14 heavy (non-hydrogen) atoms. The van der Waals surface area contributed by atoms with Gasteiger partial charge in [-0.1, -0.05) is 60.9 Å². The van der Waals surface area contributed by atoms with Crippen molar-refractivity contribution < 1.29 is 52.8 Å². The minimum absolute atomic E-state index is 0. The zero-order valence-corrected chi connectivity index (χ0v) is 14.2. The Morgan fingerprint density at radius 2 is 1.36 bits per heavy atom. The van der Waals surface area contributed by atoms with Gasteiger partial charge in [0.15, 0.2) is 0 Å². The van der Waals surface area contributed by atoms with E-state index in [1.807, 2.05) is 0 Å². The number of halogens is 1. The average Bonchev–Trinajstić information content (AvgIpc) is 2.20. The fraction of sp³-hybridized carbons (Fsp3) is 1.00. The van der Waals surface area contributed by atoms with Gasteiger partial charge in [0.25, 0.3) is 0 Å². The molecule has 0 aromatic heterocycles. The van der Waals surface area contributed by atoms with Crippen LogP contribution in [0.2, 0.25) is 0 Å². The maximum Gasteiger partial charge on any atom is 1.00 e. The van der Waals surface area contributed by atoms with Crippen LogP contribution in [0.3, 0.4) is 0 Å². The first kappa shape index (κ1) is 14.2. The van der Waals surface area contributed by atoms with Crippen LogP contribution in [0.15, 0.2) is 0 Å². The average molecular weight is 285 g/mol. The van der Waals surface area contributed by atoms with Crippen LogP contribution in [-0.2, 0) is 0 Å². The van der Waals surface area contributed by atoms with Crippen molar-refractivity contribution in [2.24, 2.45) is 11.8 Å². The molecule has 2 aliphatic rings. The van der Waals surface area contributed by atoms with Crippen molar-refractivity contribution in [1.82, 2.24) is 0 Å². The van der Waals surface area contributed by atoms with Crippen LogP contribution in [0.1, 0.15) is 59.2 Å². The van der Waals surface area contributed by atoms with Crippen LogP contribution < -0.4 is 51.4 Å². The van der Waals surface area contributed by atoms with E-state index in [1.54, 1.807) is 0 Å². The molecule has 0 N–H and O–H groups in total. The molecule has 2 heteroatoms. The third-order valence-corrected chi connectivity index (χ3v) is 5.12. The molecule has 0 radical (unpaired) electrons. The second kappa shape index (κ2) is 7.44. The van der Waals surface area contributed by atoms with E-state index in [2.05, 4.69) is 15.9 Å². The summed E-state index contributed by atoms with van der Waals surface area (Å²) in [6.45, 7) is 0. The molecule has 0 aromatic carbocycles. The van der Waals surface area contributed by atoms with Gasteiger partial charge in [0, 0.05) is 4.83 Å². The Balaban J connectivity index is 0.000000980. The molecule has 2 atom stereocenters. The monoisotopic (exact) mass is 284 g/mol. The van der Waals surface area contributed by atoms with Crippen molar-refractivity contribution in [2.45, 2.75) is 62.6 Å². The molecule has 2 rings (SSSR count). The quantitative estimate of drug-likeness (QED) is 0.507. The third kappa shape index (κ3) is 3.85. The van der Waals surface area contributed by atoms with Gasteiger partial charge in [-0.25, -0.2) is 0 Å². The van der Waals surface area contributed by atoms with E-state index in [4.69, 9.17) is 0 Å². The Hall–Kier alpha value is 2.12. The van der Waals surface area contributed by atoms with E-state index in [1.165, 1.54) is 57.8 Å². The second-order valence-corrected chi connectivity index (χ2v) is 6.04. The van der Waals surface area contributed by atoms with E-state index in [0.717, 1.165) is 16.7 Å². The van der Waals surface area contributed by atoms with Crippen molar-refractivity contribution in [3.8, 4) is 0 Å². The predicted octanol–water partition coefficient (Wildman–Crippen LogP) is 1.64. The Kier molecular flexibility index (Phi) is 7.54. The first-order chi connectivity index (χ1) is 6.38. The van der Waals surface area contributed by atoms with E-state index in [9.17, 15) is 0 Å². The number of alkyl halides is 1. The Labute approximate surface area is 141 Å². The van der Waals surface area contributed by atoms with Crippen LogP contribution in [0.4, 0.5) is 0 Å². The minimum Gasteiger partial charge on any atom is -1.00 e. The van der Waals surface area contributed by atoms with Gasteiger partial charge >= 0.3 is 51.4 Å². The third-order valence-electron chi connectivity index (χ3n) is 3.99. The molecule has 78 valence electrons. The van der Waals surface area contributed by atoms with E-state index in [-0.39, 0.29) is 52.8 Å². The number of hydrogen-bond acceptors (Lipinski definition) is 0. The van der Waals surface area contributed by atoms with Crippen LogP contribution in [0.5, 0.6) is 0 Å². The Bertz CT molecular complexity index is 160. The second-order valence-electron chi connectivity index (χ2n) is 4.86. The molecule has 0 nitrogen and oxygen atoms in total. The molecule has 2 aliphatic carbocycles. The van der Waals surface area contributed by atoms with Crippen molar-refractivity contribution in [2.75, 3.05) is 0 Å². The van der Waals surface area contributed by atoms with Gasteiger partial charge in [0.2, 0.25) is 0 Å². The molecule has 0 saturated heterocycles. The summed E-state index contributed by atoms with van der Waals surface area (Å²) in [5.74, 6) is 2.09. The van der Waals surface area contributed by atoms with Gasteiger partial charge in [-0.15, -0.1) is 0 Å². The summed E-state index contributed by atoms with van der Waals surface area (Å²) in [6.07, 6.45) is 13.4. The van der Waals surface area contributed by atoms with Crippen molar-refractivity contribution >= 4 is 15.9 Å². The molecule has 0 amide bonds. The molecule has 0 aromatic rings. The summed E-state index contributed by atoms with van der Waals surface area (Å²) < 4.78 is 0. The van der Waals surface area contributed by atoms with Gasteiger partial charge in [-0.3, -0.25) is 0 Å². The van der Waals surface area contributed by atoms with Crippen LogP contribution in [0.25, 0.3) is 0 Å². The van der Waals surface area contributed by atoms with E-state index < -0.39 is 0 Å². The van der Waals surface area contributed by atoms with E-state index >= 15 is 0 Å². The molecular formula is C12H22BrK. The standard InChI is InChI=1S/C12H21Br.K.H/c13-12-9-5-4-8-11(12)10-6-2-1-3-7-10;;/h10-12H,1-9H2;;/q;+1;-1. The van der Waals surface area contributed by atoms with Gasteiger partial charge < -0.3 is 1.43 Å². The normalized spacial score (nSPS) is 34.9. The minimum atomic E-state index is 0. The van der Waals surface area contributed by atoms with Crippen LogP contribution >= 0.6 is 15.9 Å². The maximum absolute atomic E-state index is 3.89. The van der Waals surface area contributed by atoms with Crippen molar-refractivity contribution in [3.63, 3.8) is 0 Å². The number of rotatable bonds is 1. The summed E-state index contributed by atoms with van der Waals surface area (Å²) in [7, 11) is 0. The number of hydrogen-bond donors (Lipinski definition) is 0. The van der Waals surface area contributed by atoms with Gasteiger partial charge in [0.1, 0.15) is 0 Å². The zero-order valence-electron chi connectivity index (χ0n) is 10.5. The first-order valence-electron chi connectivity index (χ1n) is 6.02. The smallest absolute Gasteiger partial charge is 1.00 e. The molecular weight excluding hydrogens is 263 g/mol. The van der Waals surface area contributed by atoms with Crippen molar-refractivity contribution in [3.05, 3.63) is 0 Å². The van der Waals surface area contributed by atoms with Crippen LogP contribution in [-0.4, -0.2) is 4.83 Å². The van der Waals surface area contributed by atoms with Gasteiger partial charge in [0.05, 0.1) is 0 Å². The van der Waals surface area contributed by atoms with Gasteiger partial charge in [-0.05, 0) is 24.7 Å². The van der Waals surface area contributed by atoms with E-state index in [0.29, 0.717) is 0 Å².